The highest BCUT2D eigenvalue weighted by Crippen LogP contribution is 2.24. The first-order chi connectivity index (χ1) is 10.2. The minimum absolute atomic E-state index is 0.0721. The number of hydrogen-bond acceptors (Lipinski definition) is 3. The van der Waals surface area contributed by atoms with Crippen molar-refractivity contribution in [2.75, 3.05) is 26.7 Å². The molecular weight excluding hydrogens is 260 g/mol. The molecule has 0 saturated carbocycles. The van der Waals surface area contributed by atoms with Crippen molar-refractivity contribution < 1.29 is 4.74 Å². The third-order valence-corrected chi connectivity index (χ3v) is 4.61. The maximum absolute atomic E-state index is 6.40. The lowest BCUT2D eigenvalue weighted by Gasteiger charge is -2.24. The Bertz CT molecular complexity index is 421. The molecule has 21 heavy (non-hydrogen) atoms. The van der Waals surface area contributed by atoms with Crippen LogP contribution < -0.4 is 10.5 Å². The Hall–Kier alpha value is -1.06. The van der Waals surface area contributed by atoms with Gasteiger partial charge in [-0.1, -0.05) is 31.9 Å². The minimum atomic E-state index is 0.0721. The SMILES string of the molecule is CCCC1CCCN(CC(N)c2cccc(OC)c2)CC1. The van der Waals surface area contributed by atoms with Crippen LogP contribution in [0.15, 0.2) is 24.3 Å². The van der Waals surface area contributed by atoms with Crippen LogP contribution >= 0.6 is 0 Å². The molecule has 0 spiro atoms. The molecule has 2 atom stereocenters. The first kappa shape index (κ1) is 16.3. The van der Waals surface area contributed by atoms with Gasteiger partial charge in [-0.05, 0) is 56.0 Å². The third-order valence-electron chi connectivity index (χ3n) is 4.61. The molecule has 1 aromatic rings. The second-order valence-corrected chi connectivity index (χ2v) is 6.27. The second-order valence-electron chi connectivity index (χ2n) is 6.27. The molecule has 3 nitrogen and oxygen atoms in total. The highest BCUT2D eigenvalue weighted by molar-refractivity contribution is 5.30. The summed E-state index contributed by atoms with van der Waals surface area (Å²) in [5, 5.41) is 0. The van der Waals surface area contributed by atoms with Gasteiger partial charge >= 0.3 is 0 Å². The largest absolute Gasteiger partial charge is 0.497 e. The summed E-state index contributed by atoms with van der Waals surface area (Å²) in [6, 6.07) is 8.22. The molecule has 0 radical (unpaired) electrons. The van der Waals surface area contributed by atoms with Crippen molar-refractivity contribution in [3.8, 4) is 5.75 Å². The van der Waals surface area contributed by atoms with Crippen molar-refractivity contribution in [2.24, 2.45) is 11.7 Å². The number of likely N-dealkylation sites (tertiary alicyclic amines) is 1. The number of nitrogens with two attached hydrogens (primary N) is 1. The second kappa shape index (κ2) is 8.40. The zero-order valence-corrected chi connectivity index (χ0v) is 13.6. The molecule has 1 heterocycles. The van der Waals surface area contributed by atoms with Gasteiger partial charge in [-0.3, -0.25) is 0 Å². The van der Waals surface area contributed by atoms with Crippen molar-refractivity contribution in [3.63, 3.8) is 0 Å². The van der Waals surface area contributed by atoms with Crippen LogP contribution in [0.5, 0.6) is 5.75 Å². The normalized spacial score (nSPS) is 21.8. The standard InChI is InChI=1S/C18H30N2O/c1-3-6-15-7-5-11-20(12-10-15)14-18(19)16-8-4-9-17(13-16)21-2/h4,8-9,13,15,18H,3,5-7,10-12,14,19H2,1-2H3. The molecule has 2 N–H and O–H groups in total. The number of ether oxygens (including phenoxy) is 1. The van der Waals surface area contributed by atoms with Crippen LogP contribution in [0.25, 0.3) is 0 Å². The molecule has 1 fully saturated rings. The smallest absolute Gasteiger partial charge is 0.119 e. The van der Waals surface area contributed by atoms with Gasteiger partial charge in [-0.25, -0.2) is 0 Å². The van der Waals surface area contributed by atoms with Crippen LogP contribution in [0.3, 0.4) is 0 Å². The van der Waals surface area contributed by atoms with Gasteiger partial charge in [0.25, 0.3) is 0 Å². The average molecular weight is 290 g/mol. The van der Waals surface area contributed by atoms with Crippen LogP contribution in [0.4, 0.5) is 0 Å². The number of nitrogens with zero attached hydrogens (tertiary/aromatic N) is 1. The first-order valence-electron chi connectivity index (χ1n) is 8.34. The molecule has 1 aliphatic heterocycles. The molecule has 1 aromatic carbocycles. The summed E-state index contributed by atoms with van der Waals surface area (Å²) in [6.45, 7) is 5.63. The van der Waals surface area contributed by atoms with E-state index in [2.05, 4.69) is 24.0 Å². The Balaban J connectivity index is 1.88. The van der Waals surface area contributed by atoms with E-state index in [0.29, 0.717) is 0 Å². The van der Waals surface area contributed by atoms with Gasteiger partial charge in [0.15, 0.2) is 0 Å². The molecule has 0 aromatic heterocycles. The molecule has 1 saturated heterocycles. The number of methoxy groups -OCH3 is 1. The van der Waals surface area contributed by atoms with Gasteiger partial charge in [-0.2, -0.15) is 0 Å². The van der Waals surface area contributed by atoms with Gasteiger partial charge < -0.3 is 15.4 Å². The Morgan fingerprint density at radius 3 is 2.95 bits per heavy atom. The highest BCUT2D eigenvalue weighted by Gasteiger charge is 2.18. The summed E-state index contributed by atoms with van der Waals surface area (Å²) >= 11 is 0. The Morgan fingerprint density at radius 2 is 2.19 bits per heavy atom. The average Bonchev–Trinajstić information content (AvgIpc) is 2.73. The maximum Gasteiger partial charge on any atom is 0.119 e. The van der Waals surface area contributed by atoms with Crippen LogP contribution in [0.1, 0.15) is 50.6 Å². The van der Waals surface area contributed by atoms with E-state index in [-0.39, 0.29) is 6.04 Å². The lowest BCUT2D eigenvalue weighted by atomic mass is 9.96. The molecular formula is C18H30N2O. The van der Waals surface area contributed by atoms with E-state index in [4.69, 9.17) is 10.5 Å². The van der Waals surface area contributed by atoms with E-state index in [1.165, 1.54) is 50.8 Å². The monoisotopic (exact) mass is 290 g/mol. The highest BCUT2D eigenvalue weighted by atomic mass is 16.5. The van der Waals surface area contributed by atoms with Gasteiger partial charge in [0, 0.05) is 12.6 Å². The van der Waals surface area contributed by atoms with E-state index >= 15 is 0 Å². The predicted octanol–water partition coefficient (Wildman–Crippen LogP) is 3.60. The quantitative estimate of drug-likeness (QED) is 0.870. The molecule has 0 bridgehead atoms. The zero-order chi connectivity index (χ0) is 15.1. The minimum Gasteiger partial charge on any atom is -0.497 e. The van der Waals surface area contributed by atoms with Crippen LogP contribution in [-0.2, 0) is 0 Å². The summed E-state index contributed by atoms with van der Waals surface area (Å²) in [5.41, 5.74) is 7.57. The topological polar surface area (TPSA) is 38.5 Å². The molecule has 3 heteroatoms. The van der Waals surface area contributed by atoms with E-state index in [1.54, 1.807) is 7.11 Å². The van der Waals surface area contributed by atoms with Crippen LogP contribution in [0.2, 0.25) is 0 Å². The zero-order valence-electron chi connectivity index (χ0n) is 13.6. The van der Waals surface area contributed by atoms with E-state index in [0.717, 1.165) is 18.2 Å². The van der Waals surface area contributed by atoms with Crippen molar-refractivity contribution in [3.05, 3.63) is 29.8 Å². The predicted molar refractivity (Wildman–Crippen MR) is 88.6 cm³/mol. The fourth-order valence-electron chi connectivity index (χ4n) is 3.36. The Labute approximate surface area is 129 Å². The summed E-state index contributed by atoms with van der Waals surface area (Å²) in [5.74, 6) is 1.81. The van der Waals surface area contributed by atoms with Gasteiger partial charge in [0.1, 0.15) is 5.75 Å². The van der Waals surface area contributed by atoms with E-state index < -0.39 is 0 Å². The fraction of sp³-hybridized carbons (Fsp3) is 0.667. The number of benzene rings is 1. The van der Waals surface area contributed by atoms with Gasteiger partial charge in [-0.15, -0.1) is 0 Å². The van der Waals surface area contributed by atoms with Crippen LogP contribution in [-0.4, -0.2) is 31.6 Å². The summed E-state index contributed by atoms with van der Waals surface area (Å²) in [6.07, 6.45) is 6.73. The Morgan fingerprint density at radius 1 is 1.33 bits per heavy atom. The fourth-order valence-corrected chi connectivity index (χ4v) is 3.36. The lowest BCUT2D eigenvalue weighted by molar-refractivity contribution is 0.262. The molecule has 2 unspecified atom stereocenters. The Kier molecular flexibility index (Phi) is 6.52. The van der Waals surface area contributed by atoms with Crippen LogP contribution in [0, 0.1) is 5.92 Å². The van der Waals surface area contributed by atoms with E-state index in [1.807, 2.05) is 12.1 Å². The van der Waals surface area contributed by atoms with Crippen molar-refractivity contribution in [1.29, 1.82) is 0 Å². The van der Waals surface area contributed by atoms with E-state index in [9.17, 15) is 0 Å². The molecule has 0 aliphatic carbocycles. The lowest BCUT2D eigenvalue weighted by Crippen LogP contribution is -2.33. The molecule has 1 aliphatic rings. The summed E-state index contributed by atoms with van der Waals surface area (Å²) in [7, 11) is 1.70. The number of rotatable bonds is 6. The maximum atomic E-state index is 6.40. The third kappa shape index (κ3) is 5.01. The van der Waals surface area contributed by atoms with Crippen molar-refractivity contribution in [2.45, 2.75) is 45.1 Å². The summed E-state index contributed by atoms with van der Waals surface area (Å²) in [4.78, 5) is 2.54. The molecule has 0 amide bonds. The first-order valence-corrected chi connectivity index (χ1v) is 8.34. The van der Waals surface area contributed by atoms with Gasteiger partial charge in [0.05, 0.1) is 7.11 Å². The van der Waals surface area contributed by atoms with Crippen molar-refractivity contribution >= 4 is 0 Å². The molecule has 2 rings (SSSR count). The molecule has 118 valence electrons. The van der Waals surface area contributed by atoms with Gasteiger partial charge in [0.2, 0.25) is 0 Å². The number of hydrogen-bond donors (Lipinski definition) is 1. The summed E-state index contributed by atoms with van der Waals surface area (Å²) < 4.78 is 5.29. The van der Waals surface area contributed by atoms with Crippen molar-refractivity contribution in [1.82, 2.24) is 4.90 Å².